The van der Waals surface area contributed by atoms with Gasteiger partial charge in [0.05, 0.1) is 19.1 Å². The average molecular weight is 340 g/mol. The standard InChI is InChI=1S/C14H13FN2O3S2/c1-20-13(19)11-6-16-14(22-11)17-12(18)8-21-7-9-2-4-10(15)5-3-9/h2-6H,7-8H2,1H3,(H,16,17,18). The van der Waals surface area contributed by atoms with Crippen molar-refractivity contribution in [3.8, 4) is 0 Å². The van der Waals surface area contributed by atoms with E-state index >= 15 is 0 Å². The first kappa shape index (κ1) is 16.4. The Morgan fingerprint density at radius 1 is 1.36 bits per heavy atom. The molecule has 0 aliphatic carbocycles. The van der Waals surface area contributed by atoms with Crippen LogP contribution in [0.1, 0.15) is 15.2 Å². The fourth-order valence-corrected chi connectivity index (χ4v) is 3.06. The van der Waals surface area contributed by atoms with Gasteiger partial charge >= 0.3 is 5.97 Å². The average Bonchev–Trinajstić information content (AvgIpc) is 2.97. The fraction of sp³-hybridized carbons (Fsp3) is 0.214. The molecule has 0 fully saturated rings. The zero-order chi connectivity index (χ0) is 15.9. The molecule has 0 aliphatic heterocycles. The molecule has 8 heteroatoms. The highest BCUT2D eigenvalue weighted by Crippen LogP contribution is 2.19. The Hall–Kier alpha value is -1.93. The quantitative estimate of drug-likeness (QED) is 0.819. The molecule has 0 aliphatic rings. The van der Waals surface area contributed by atoms with Gasteiger partial charge in [-0.05, 0) is 17.7 Å². The lowest BCUT2D eigenvalue weighted by atomic mass is 10.2. The second-order valence-corrected chi connectivity index (χ2v) is 6.20. The summed E-state index contributed by atoms with van der Waals surface area (Å²) in [7, 11) is 1.28. The van der Waals surface area contributed by atoms with Crippen LogP contribution in [0.3, 0.4) is 0 Å². The van der Waals surface area contributed by atoms with Gasteiger partial charge in [-0.15, -0.1) is 11.8 Å². The van der Waals surface area contributed by atoms with Crippen LogP contribution in [0.2, 0.25) is 0 Å². The maximum atomic E-state index is 12.8. The largest absolute Gasteiger partial charge is 0.465 e. The Balaban J connectivity index is 1.77. The van der Waals surface area contributed by atoms with Crippen LogP contribution in [0, 0.1) is 5.82 Å². The third-order valence-electron chi connectivity index (χ3n) is 2.55. The minimum atomic E-state index is -0.483. The van der Waals surface area contributed by atoms with E-state index in [1.165, 1.54) is 37.2 Å². The predicted octanol–water partition coefficient (Wildman–Crippen LogP) is 2.94. The highest BCUT2D eigenvalue weighted by atomic mass is 32.2. The highest BCUT2D eigenvalue weighted by molar-refractivity contribution is 7.99. The van der Waals surface area contributed by atoms with Gasteiger partial charge in [0.25, 0.3) is 0 Å². The van der Waals surface area contributed by atoms with E-state index in [0.29, 0.717) is 15.8 Å². The Kier molecular flexibility index (Phi) is 5.91. The Bertz CT molecular complexity index is 658. The van der Waals surface area contributed by atoms with Crippen LogP contribution in [0.4, 0.5) is 9.52 Å². The van der Waals surface area contributed by atoms with Crippen molar-refractivity contribution in [1.29, 1.82) is 0 Å². The number of methoxy groups -OCH3 is 1. The van der Waals surface area contributed by atoms with Crippen molar-refractivity contribution in [3.05, 3.63) is 46.7 Å². The number of carbonyl (C=O) groups is 2. The third kappa shape index (κ3) is 4.81. The number of nitrogens with one attached hydrogen (secondary N) is 1. The molecule has 0 bridgehead atoms. The summed E-state index contributed by atoms with van der Waals surface area (Å²) >= 11 is 2.46. The summed E-state index contributed by atoms with van der Waals surface area (Å²) in [6.07, 6.45) is 1.36. The normalized spacial score (nSPS) is 10.3. The fourth-order valence-electron chi connectivity index (χ4n) is 1.52. The van der Waals surface area contributed by atoms with E-state index < -0.39 is 5.97 Å². The molecule has 5 nitrogen and oxygen atoms in total. The summed E-state index contributed by atoms with van der Waals surface area (Å²) in [5.41, 5.74) is 0.946. The molecule has 22 heavy (non-hydrogen) atoms. The second kappa shape index (κ2) is 7.90. The van der Waals surface area contributed by atoms with E-state index in [9.17, 15) is 14.0 Å². The van der Waals surface area contributed by atoms with Gasteiger partial charge in [0.15, 0.2) is 5.13 Å². The zero-order valence-electron chi connectivity index (χ0n) is 11.7. The first-order valence-corrected chi connectivity index (χ1v) is 8.22. The second-order valence-electron chi connectivity index (χ2n) is 4.19. The van der Waals surface area contributed by atoms with Crippen LogP contribution in [0.25, 0.3) is 0 Å². The lowest BCUT2D eigenvalue weighted by molar-refractivity contribution is -0.113. The number of hydrogen-bond donors (Lipinski definition) is 1. The molecule has 0 spiro atoms. The monoisotopic (exact) mass is 340 g/mol. The van der Waals surface area contributed by atoms with Crippen LogP contribution in [-0.2, 0) is 15.3 Å². The molecule has 1 amide bonds. The third-order valence-corrected chi connectivity index (χ3v) is 4.45. The molecular weight excluding hydrogens is 327 g/mol. The highest BCUT2D eigenvalue weighted by Gasteiger charge is 2.12. The maximum Gasteiger partial charge on any atom is 0.349 e. The SMILES string of the molecule is COC(=O)c1cnc(NC(=O)CSCc2ccc(F)cc2)s1. The number of esters is 1. The van der Waals surface area contributed by atoms with Crippen LogP contribution in [-0.4, -0.2) is 29.7 Å². The van der Waals surface area contributed by atoms with E-state index in [2.05, 4.69) is 15.0 Å². The van der Waals surface area contributed by atoms with Crippen molar-refractivity contribution in [2.75, 3.05) is 18.2 Å². The molecule has 1 aromatic heterocycles. The molecule has 2 rings (SSSR count). The summed E-state index contributed by atoms with van der Waals surface area (Å²) in [5, 5.41) is 2.97. The van der Waals surface area contributed by atoms with Gasteiger partial charge in [-0.3, -0.25) is 4.79 Å². The number of anilines is 1. The van der Waals surface area contributed by atoms with Crippen LogP contribution >= 0.6 is 23.1 Å². The molecule has 1 N–H and O–H groups in total. The lowest BCUT2D eigenvalue weighted by Gasteiger charge is -2.02. The minimum absolute atomic E-state index is 0.210. The van der Waals surface area contributed by atoms with Crippen molar-refractivity contribution in [1.82, 2.24) is 4.98 Å². The number of thiazole rings is 1. The Morgan fingerprint density at radius 3 is 2.77 bits per heavy atom. The molecule has 116 valence electrons. The number of nitrogens with zero attached hydrogens (tertiary/aromatic N) is 1. The summed E-state index contributed by atoms with van der Waals surface area (Å²) in [6, 6.07) is 6.15. The topological polar surface area (TPSA) is 68.3 Å². The molecular formula is C14H13FN2O3S2. The van der Waals surface area contributed by atoms with Crippen molar-refractivity contribution in [2.24, 2.45) is 0 Å². The predicted molar refractivity (Wildman–Crippen MR) is 84.6 cm³/mol. The molecule has 1 aromatic carbocycles. The van der Waals surface area contributed by atoms with E-state index in [1.54, 1.807) is 12.1 Å². The first-order valence-electron chi connectivity index (χ1n) is 6.24. The number of halogens is 1. The molecule has 0 saturated carbocycles. The van der Waals surface area contributed by atoms with Gasteiger partial charge in [0, 0.05) is 5.75 Å². The maximum absolute atomic E-state index is 12.8. The molecule has 2 aromatic rings. The van der Waals surface area contributed by atoms with E-state index in [1.807, 2.05) is 0 Å². The molecule has 0 saturated heterocycles. The van der Waals surface area contributed by atoms with Gasteiger partial charge in [0.2, 0.25) is 5.91 Å². The number of ether oxygens (including phenoxy) is 1. The summed E-state index contributed by atoms with van der Waals surface area (Å²) in [6.45, 7) is 0. The number of aromatic nitrogens is 1. The number of benzene rings is 1. The minimum Gasteiger partial charge on any atom is -0.465 e. The smallest absolute Gasteiger partial charge is 0.349 e. The van der Waals surface area contributed by atoms with Gasteiger partial charge in [-0.25, -0.2) is 14.2 Å². The van der Waals surface area contributed by atoms with Crippen molar-refractivity contribution in [3.63, 3.8) is 0 Å². The van der Waals surface area contributed by atoms with Gasteiger partial charge in [-0.2, -0.15) is 0 Å². The number of thioether (sulfide) groups is 1. The molecule has 0 unspecified atom stereocenters. The summed E-state index contributed by atoms with van der Waals surface area (Å²) in [5.74, 6) is -0.123. The summed E-state index contributed by atoms with van der Waals surface area (Å²) < 4.78 is 17.3. The van der Waals surface area contributed by atoms with Crippen LogP contribution in [0.5, 0.6) is 0 Å². The first-order chi connectivity index (χ1) is 10.6. The van der Waals surface area contributed by atoms with Crippen molar-refractivity contribution in [2.45, 2.75) is 5.75 Å². The lowest BCUT2D eigenvalue weighted by Crippen LogP contribution is -2.13. The number of hydrogen-bond acceptors (Lipinski definition) is 6. The van der Waals surface area contributed by atoms with Crippen molar-refractivity contribution < 1.29 is 18.7 Å². The summed E-state index contributed by atoms with van der Waals surface area (Å²) in [4.78, 5) is 27.3. The number of carbonyl (C=O) groups excluding carboxylic acids is 2. The van der Waals surface area contributed by atoms with Gasteiger partial charge < -0.3 is 10.1 Å². The van der Waals surface area contributed by atoms with E-state index in [-0.39, 0.29) is 17.5 Å². The zero-order valence-corrected chi connectivity index (χ0v) is 13.3. The molecule has 0 radical (unpaired) electrons. The number of amides is 1. The van der Waals surface area contributed by atoms with E-state index in [4.69, 9.17) is 0 Å². The Labute approximate surface area is 134 Å². The Morgan fingerprint density at radius 2 is 2.09 bits per heavy atom. The van der Waals surface area contributed by atoms with Crippen molar-refractivity contribution >= 4 is 40.1 Å². The van der Waals surface area contributed by atoms with Gasteiger partial charge in [0.1, 0.15) is 10.7 Å². The van der Waals surface area contributed by atoms with Crippen LogP contribution < -0.4 is 5.32 Å². The molecule has 0 atom stereocenters. The van der Waals surface area contributed by atoms with Crippen LogP contribution in [0.15, 0.2) is 30.5 Å². The number of rotatable bonds is 6. The van der Waals surface area contributed by atoms with Gasteiger partial charge in [-0.1, -0.05) is 23.5 Å². The molecule has 1 heterocycles. The van der Waals surface area contributed by atoms with E-state index in [0.717, 1.165) is 16.9 Å².